The van der Waals surface area contributed by atoms with E-state index in [0.717, 1.165) is 23.6 Å². The third-order valence-electron chi connectivity index (χ3n) is 4.29. The zero-order valence-electron chi connectivity index (χ0n) is 15.9. The molecule has 2 N–H and O–H groups in total. The van der Waals surface area contributed by atoms with E-state index in [-0.39, 0.29) is 5.91 Å². The second kappa shape index (κ2) is 9.85. The molecule has 0 spiro atoms. The number of ether oxygens (including phenoxy) is 1. The van der Waals surface area contributed by atoms with Crippen LogP contribution in [0, 0.1) is 11.7 Å². The maximum Gasteiger partial charge on any atom is 0.221 e. The van der Waals surface area contributed by atoms with Crippen molar-refractivity contribution in [3.8, 4) is 17.1 Å². The van der Waals surface area contributed by atoms with Crippen molar-refractivity contribution >= 4 is 18.1 Å². The Labute approximate surface area is 169 Å². The minimum Gasteiger partial charge on any atom is -0.494 e. The first kappa shape index (κ1) is 19.8. The first-order valence-electron chi connectivity index (χ1n) is 9.30. The van der Waals surface area contributed by atoms with Crippen molar-refractivity contribution in [2.24, 2.45) is 0 Å². The number of aromatic amines is 1. The standard InChI is InChI=1S/C21H24N4O2S/c1-16-8-10-17(11-9-16)20-23-24-21(28)25(20)14-12-19(26)22-13-5-15-27-18-6-3-2-4-7-18/h2-4,6-11H,5,12-15H2,1H3,(H,22,26)(H,24,28). The van der Waals surface area contributed by atoms with Crippen LogP contribution >= 0.6 is 12.2 Å². The lowest BCUT2D eigenvalue weighted by Gasteiger charge is -2.09. The van der Waals surface area contributed by atoms with Gasteiger partial charge in [-0.3, -0.25) is 14.5 Å². The molecule has 0 radical (unpaired) electrons. The molecular weight excluding hydrogens is 372 g/mol. The van der Waals surface area contributed by atoms with Crippen LogP contribution in [0.25, 0.3) is 11.4 Å². The summed E-state index contributed by atoms with van der Waals surface area (Å²) >= 11 is 5.32. The van der Waals surface area contributed by atoms with Crippen molar-refractivity contribution in [1.29, 1.82) is 0 Å². The molecule has 2 aromatic carbocycles. The highest BCUT2D eigenvalue weighted by Crippen LogP contribution is 2.18. The molecule has 1 heterocycles. The fraction of sp³-hybridized carbons (Fsp3) is 0.286. The monoisotopic (exact) mass is 396 g/mol. The first-order valence-corrected chi connectivity index (χ1v) is 9.71. The molecule has 0 aliphatic carbocycles. The smallest absolute Gasteiger partial charge is 0.221 e. The SMILES string of the molecule is Cc1ccc(-c2n[nH]c(=S)n2CCC(=O)NCCCOc2ccccc2)cc1. The van der Waals surface area contributed by atoms with Gasteiger partial charge in [0.15, 0.2) is 10.6 Å². The number of aromatic nitrogens is 3. The summed E-state index contributed by atoms with van der Waals surface area (Å²) in [5.41, 5.74) is 2.15. The molecule has 146 valence electrons. The number of benzene rings is 2. The Hall–Kier alpha value is -2.93. The quantitative estimate of drug-likeness (QED) is 0.425. The van der Waals surface area contributed by atoms with E-state index >= 15 is 0 Å². The Bertz CT molecular complexity index is 949. The van der Waals surface area contributed by atoms with Gasteiger partial charge in [-0.05, 0) is 37.7 Å². The van der Waals surface area contributed by atoms with Gasteiger partial charge in [0.1, 0.15) is 5.75 Å². The largest absolute Gasteiger partial charge is 0.494 e. The topological polar surface area (TPSA) is 71.9 Å². The predicted octanol–water partition coefficient (Wildman–Crippen LogP) is 3.89. The highest BCUT2D eigenvalue weighted by atomic mass is 32.1. The molecule has 3 aromatic rings. The zero-order valence-corrected chi connectivity index (χ0v) is 16.7. The third kappa shape index (κ3) is 5.53. The molecule has 28 heavy (non-hydrogen) atoms. The van der Waals surface area contributed by atoms with Crippen LogP contribution in [0.4, 0.5) is 0 Å². The number of rotatable bonds is 9. The van der Waals surface area contributed by atoms with E-state index in [1.807, 2.05) is 66.1 Å². The summed E-state index contributed by atoms with van der Waals surface area (Å²) in [4.78, 5) is 12.1. The summed E-state index contributed by atoms with van der Waals surface area (Å²) in [5, 5.41) is 10.0. The van der Waals surface area contributed by atoms with Gasteiger partial charge in [-0.25, -0.2) is 0 Å². The molecule has 0 aliphatic rings. The van der Waals surface area contributed by atoms with Crippen LogP contribution in [0.15, 0.2) is 54.6 Å². The van der Waals surface area contributed by atoms with Gasteiger partial charge in [0.25, 0.3) is 0 Å². The Morgan fingerprint density at radius 3 is 2.68 bits per heavy atom. The van der Waals surface area contributed by atoms with Crippen molar-refractivity contribution in [2.75, 3.05) is 13.2 Å². The maximum absolute atomic E-state index is 12.1. The Kier molecular flexibility index (Phi) is 6.97. The van der Waals surface area contributed by atoms with Crippen LogP contribution in [0.1, 0.15) is 18.4 Å². The van der Waals surface area contributed by atoms with Crippen LogP contribution in [0.2, 0.25) is 0 Å². The minimum absolute atomic E-state index is 0.0160. The minimum atomic E-state index is -0.0160. The summed E-state index contributed by atoms with van der Waals surface area (Å²) in [6.45, 7) is 3.66. The number of hydrogen-bond acceptors (Lipinski definition) is 4. The van der Waals surface area contributed by atoms with Gasteiger partial charge in [0.2, 0.25) is 5.91 Å². The van der Waals surface area contributed by atoms with Crippen molar-refractivity contribution in [3.63, 3.8) is 0 Å². The molecule has 0 bridgehead atoms. The van der Waals surface area contributed by atoms with E-state index in [9.17, 15) is 4.79 Å². The van der Waals surface area contributed by atoms with Gasteiger partial charge >= 0.3 is 0 Å². The van der Waals surface area contributed by atoms with E-state index < -0.39 is 0 Å². The zero-order chi connectivity index (χ0) is 19.8. The summed E-state index contributed by atoms with van der Waals surface area (Å²) < 4.78 is 7.99. The number of amides is 1. The molecule has 0 aliphatic heterocycles. The number of carbonyl (C=O) groups excluding carboxylic acids is 1. The van der Waals surface area contributed by atoms with Crippen molar-refractivity contribution in [2.45, 2.75) is 26.3 Å². The molecule has 3 rings (SSSR count). The molecule has 0 atom stereocenters. The second-order valence-electron chi connectivity index (χ2n) is 6.49. The molecule has 0 unspecified atom stereocenters. The van der Waals surface area contributed by atoms with Crippen LogP contribution in [0.3, 0.4) is 0 Å². The molecule has 0 saturated heterocycles. The lowest BCUT2D eigenvalue weighted by Crippen LogP contribution is -2.26. The Balaban J connectivity index is 1.44. The van der Waals surface area contributed by atoms with E-state index in [0.29, 0.717) is 30.9 Å². The highest BCUT2D eigenvalue weighted by molar-refractivity contribution is 7.71. The molecule has 1 aromatic heterocycles. The number of carbonyl (C=O) groups is 1. The van der Waals surface area contributed by atoms with Gasteiger partial charge in [0.05, 0.1) is 6.61 Å². The van der Waals surface area contributed by atoms with Gasteiger partial charge < -0.3 is 10.1 Å². The number of H-pyrrole nitrogens is 1. The van der Waals surface area contributed by atoms with E-state index in [1.54, 1.807) is 0 Å². The molecule has 0 fully saturated rings. The number of para-hydroxylation sites is 1. The second-order valence-corrected chi connectivity index (χ2v) is 6.87. The number of aryl methyl sites for hydroxylation is 1. The lowest BCUT2D eigenvalue weighted by atomic mass is 10.1. The number of hydrogen-bond donors (Lipinski definition) is 2. The van der Waals surface area contributed by atoms with Gasteiger partial charge in [0, 0.05) is 25.1 Å². The van der Waals surface area contributed by atoms with Crippen LogP contribution < -0.4 is 10.1 Å². The number of nitrogens with zero attached hydrogens (tertiary/aromatic N) is 2. The summed E-state index contributed by atoms with van der Waals surface area (Å²) in [6.07, 6.45) is 1.09. The Morgan fingerprint density at radius 2 is 1.93 bits per heavy atom. The van der Waals surface area contributed by atoms with E-state index in [4.69, 9.17) is 17.0 Å². The summed E-state index contributed by atoms with van der Waals surface area (Å²) in [5.74, 6) is 1.57. The fourth-order valence-electron chi connectivity index (χ4n) is 2.76. The van der Waals surface area contributed by atoms with Gasteiger partial charge in [-0.1, -0.05) is 48.0 Å². The van der Waals surface area contributed by atoms with Crippen molar-refractivity contribution in [1.82, 2.24) is 20.1 Å². The number of nitrogens with one attached hydrogen (secondary N) is 2. The average Bonchev–Trinajstić information content (AvgIpc) is 3.08. The normalized spacial score (nSPS) is 10.6. The lowest BCUT2D eigenvalue weighted by molar-refractivity contribution is -0.121. The van der Waals surface area contributed by atoms with Crippen molar-refractivity contribution in [3.05, 3.63) is 64.9 Å². The third-order valence-corrected chi connectivity index (χ3v) is 4.60. The van der Waals surface area contributed by atoms with Gasteiger partial charge in [-0.15, -0.1) is 0 Å². The molecule has 6 nitrogen and oxygen atoms in total. The van der Waals surface area contributed by atoms with Crippen LogP contribution in [0.5, 0.6) is 5.75 Å². The van der Waals surface area contributed by atoms with Crippen molar-refractivity contribution < 1.29 is 9.53 Å². The van der Waals surface area contributed by atoms with Crippen LogP contribution in [-0.4, -0.2) is 33.8 Å². The van der Waals surface area contributed by atoms with E-state index in [2.05, 4.69) is 15.5 Å². The van der Waals surface area contributed by atoms with E-state index in [1.165, 1.54) is 5.56 Å². The molecule has 0 saturated carbocycles. The Morgan fingerprint density at radius 1 is 1.18 bits per heavy atom. The molecule has 7 heteroatoms. The average molecular weight is 397 g/mol. The van der Waals surface area contributed by atoms with Crippen LogP contribution in [-0.2, 0) is 11.3 Å². The summed E-state index contributed by atoms with van der Waals surface area (Å²) in [7, 11) is 0. The predicted molar refractivity (Wildman–Crippen MR) is 112 cm³/mol. The maximum atomic E-state index is 12.1. The van der Waals surface area contributed by atoms with Gasteiger partial charge in [-0.2, -0.15) is 5.10 Å². The fourth-order valence-corrected chi connectivity index (χ4v) is 2.98. The molecular formula is C21H24N4O2S. The highest BCUT2D eigenvalue weighted by Gasteiger charge is 2.10. The first-order chi connectivity index (χ1) is 13.6. The molecule has 1 amide bonds. The summed E-state index contributed by atoms with van der Waals surface area (Å²) in [6, 6.07) is 17.7.